The monoisotopic (exact) mass is 527 g/mol. The van der Waals surface area contributed by atoms with E-state index in [1.54, 1.807) is 12.4 Å². The number of hydrogen-bond donors (Lipinski definition) is 0. The quantitative estimate of drug-likeness (QED) is 0.326. The third-order valence-electron chi connectivity index (χ3n) is 8.03. The number of nitrogens with zero attached hydrogens (tertiary/aromatic N) is 1. The average Bonchev–Trinajstić information content (AvgIpc) is 2.90. The molecule has 1 unspecified atom stereocenters. The van der Waals surface area contributed by atoms with Crippen LogP contribution in [0.25, 0.3) is 0 Å². The Bertz CT molecular complexity index is 972. The minimum absolute atomic E-state index is 0.0515. The highest BCUT2D eigenvalue weighted by molar-refractivity contribution is 7.84. The van der Waals surface area contributed by atoms with Crippen molar-refractivity contribution < 1.29 is 8.95 Å². The molecule has 0 saturated heterocycles. The summed E-state index contributed by atoms with van der Waals surface area (Å²) in [4.78, 5) is 0. The fourth-order valence-electron chi connectivity index (χ4n) is 6.26. The minimum atomic E-state index is -1.14. The number of ether oxygens (including phenoxy) is 1. The maximum atomic E-state index is 13.8. The molecule has 0 aliphatic heterocycles. The van der Waals surface area contributed by atoms with E-state index in [1.165, 1.54) is 75.3 Å². The molecule has 0 bridgehead atoms. The number of benzene rings is 2. The summed E-state index contributed by atoms with van der Waals surface area (Å²) in [5, 5.41) is 1.57. The molecule has 0 aromatic heterocycles. The maximum Gasteiger partial charge on any atom is 0.118 e. The summed E-state index contributed by atoms with van der Waals surface area (Å²) in [6, 6.07) is 17.6. The zero-order valence-electron chi connectivity index (χ0n) is 23.0. The predicted molar refractivity (Wildman–Crippen MR) is 157 cm³/mol. The second-order valence-corrected chi connectivity index (χ2v) is 16.7. The van der Waals surface area contributed by atoms with Crippen LogP contribution in [0.15, 0.2) is 48.5 Å². The summed E-state index contributed by atoms with van der Waals surface area (Å²) in [6.45, 7) is 6.23. The van der Waals surface area contributed by atoms with Crippen LogP contribution in [-0.4, -0.2) is 38.7 Å². The number of rotatable bonds is 8. The molecule has 2 fully saturated rings. The molecule has 0 heterocycles. The molecule has 2 aromatic rings. The lowest BCUT2D eigenvalue weighted by molar-refractivity contribution is 0.413. The first-order valence-corrected chi connectivity index (χ1v) is 16.6. The van der Waals surface area contributed by atoms with E-state index < -0.39 is 11.0 Å². The summed E-state index contributed by atoms with van der Waals surface area (Å²) in [5.74, 6) is 0.858. The molecular formula is C31H46NO2PS. The van der Waals surface area contributed by atoms with Gasteiger partial charge in [0.2, 0.25) is 0 Å². The van der Waals surface area contributed by atoms with E-state index in [-0.39, 0.29) is 18.7 Å². The Morgan fingerprint density at radius 2 is 1.39 bits per heavy atom. The van der Waals surface area contributed by atoms with Crippen molar-refractivity contribution in [3.05, 3.63) is 59.7 Å². The summed E-state index contributed by atoms with van der Waals surface area (Å²) in [6.07, 6.45) is 13.9. The van der Waals surface area contributed by atoms with E-state index in [0.717, 1.165) is 17.1 Å². The smallest absolute Gasteiger partial charge is 0.118 e. The Kier molecular flexibility index (Phi) is 9.69. The van der Waals surface area contributed by atoms with Gasteiger partial charge in [-0.15, -0.1) is 0 Å². The SMILES string of the molecule is COc1ccc([C@@H](c2ccccc2P(C2CCCCC2)C2CCCCC2)N(C)S(=O)C(C)(C)C)cc1. The van der Waals surface area contributed by atoms with Crippen LogP contribution in [0.3, 0.4) is 0 Å². The first kappa shape index (κ1) is 27.8. The van der Waals surface area contributed by atoms with Gasteiger partial charge in [0.25, 0.3) is 0 Å². The number of hydrogen-bond acceptors (Lipinski definition) is 2. The topological polar surface area (TPSA) is 29.5 Å². The Hall–Kier alpha value is -1.22. The van der Waals surface area contributed by atoms with Crippen LogP contribution < -0.4 is 10.0 Å². The van der Waals surface area contributed by atoms with Gasteiger partial charge in [0, 0.05) is 7.05 Å². The molecule has 2 saturated carbocycles. The van der Waals surface area contributed by atoms with E-state index >= 15 is 0 Å². The van der Waals surface area contributed by atoms with Crippen molar-refractivity contribution in [3.8, 4) is 5.75 Å². The summed E-state index contributed by atoms with van der Waals surface area (Å²) in [5.41, 5.74) is 4.21. The Balaban J connectivity index is 1.83. The van der Waals surface area contributed by atoms with Crippen LogP contribution in [0, 0.1) is 0 Å². The van der Waals surface area contributed by atoms with Gasteiger partial charge in [-0.3, -0.25) is 0 Å². The maximum absolute atomic E-state index is 13.8. The van der Waals surface area contributed by atoms with Gasteiger partial charge in [-0.25, -0.2) is 8.51 Å². The largest absolute Gasteiger partial charge is 0.497 e. The van der Waals surface area contributed by atoms with E-state index in [2.05, 4.69) is 68.5 Å². The second-order valence-electron chi connectivity index (χ2n) is 11.6. The lowest BCUT2D eigenvalue weighted by Crippen LogP contribution is -2.39. The van der Waals surface area contributed by atoms with E-state index in [1.807, 2.05) is 12.1 Å². The minimum Gasteiger partial charge on any atom is -0.497 e. The molecule has 2 aliphatic rings. The van der Waals surface area contributed by atoms with E-state index in [4.69, 9.17) is 4.74 Å². The van der Waals surface area contributed by atoms with Crippen molar-refractivity contribution in [1.29, 1.82) is 0 Å². The summed E-state index contributed by atoms with van der Waals surface area (Å²) < 4.78 is 21.0. The molecule has 0 spiro atoms. The summed E-state index contributed by atoms with van der Waals surface area (Å²) >= 11 is 0. The molecule has 0 radical (unpaired) electrons. The van der Waals surface area contributed by atoms with Crippen LogP contribution in [0.1, 0.15) is 102 Å². The molecule has 198 valence electrons. The van der Waals surface area contributed by atoms with Gasteiger partial charge in [0.15, 0.2) is 0 Å². The zero-order valence-corrected chi connectivity index (χ0v) is 24.8. The van der Waals surface area contributed by atoms with E-state index in [9.17, 15) is 4.21 Å². The van der Waals surface area contributed by atoms with Crippen molar-refractivity contribution >= 4 is 24.2 Å². The lowest BCUT2D eigenvalue weighted by Gasteiger charge is -2.41. The second kappa shape index (κ2) is 12.5. The fraction of sp³-hybridized carbons (Fsp3) is 0.613. The first-order chi connectivity index (χ1) is 17.3. The third-order valence-corrected chi connectivity index (χ3v) is 13.4. The standard InChI is InChI=1S/C31H46NO2PS/c1-31(2,3)36(33)32(4)30(24-20-22-25(34-5)23-21-24)28-18-12-13-19-29(28)35(26-14-8-6-9-15-26)27-16-10-7-11-17-27/h12-13,18-23,26-27,30H,6-11,14-17H2,1-5H3/t30-,36?/m0/s1. The molecule has 2 atom stereocenters. The normalized spacial score (nSPS) is 20.0. The third kappa shape index (κ3) is 6.43. The van der Waals surface area contributed by atoms with Gasteiger partial charge < -0.3 is 4.74 Å². The van der Waals surface area contributed by atoms with E-state index in [0.29, 0.717) is 0 Å². The van der Waals surface area contributed by atoms with Crippen LogP contribution in [0.5, 0.6) is 5.75 Å². The molecule has 4 rings (SSSR count). The predicted octanol–water partition coefficient (Wildman–Crippen LogP) is 7.95. The van der Waals surface area contributed by atoms with Crippen molar-refractivity contribution in [2.24, 2.45) is 0 Å². The van der Waals surface area contributed by atoms with Crippen molar-refractivity contribution in [1.82, 2.24) is 4.31 Å². The van der Waals surface area contributed by atoms with Crippen LogP contribution >= 0.6 is 7.92 Å². The molecule has 5 heteroatoms. The van der Waals surface area contributed by atoms with Crippen LogP contribution in [0.2, 0.25) is 0 Å². The first-order valence-electron chi connectivity index (χ1n) is 14.0. The van der Waals surface area contributed by atoms with Gasteiger partial charge >= 0.3 is 0 Å². The number of methoxy groups -OCH3 is 1. The van der Waals surface area contributed by atoms with Gasteiger partial charge in [0.05, 0.1) is 17.9 Å². The zero-order chi connectivity index (χ0) is 25.7. The Morgan fingerprint density at radius 1 is 0.861 bits per heavy atom. The van der Waals surface area contributed by atoms with Crippen molar-refractivity contribution in [3.63, 3.8) is 0 Å². The summed E-state index contributed by atoms with van der Waals surface area (Å²) in [7, 11) is 2.36. The van der Waals surface area contributed by atoms with Gasteiger partial charge in [-0.05, 0) is 86.3 Å². The van der Waals surface area contributed by atoms with Crippen molar-refractivity contribution in [2.75, 3.05) is 14.2 Å². The van der Waals surface area contributed by atoms with Gasteiger partial charge in [-0.2, -0.15) is 0 Å². The molecular weight excluding hydrogens is 481 g/mol. The Morgan fingerprint density at radius 3 is 1.89 bits per heavy atom. The van der Waals surface area contributed by atoms with Gasteiger partial charge in [0.1, 0.15) is 16.7 Å². The van der Waals surface area contributed by atoms with Crippen LogP contribution in [-0.2, 0) is 11.0 Å². The van der Waals surface area contributed by atoms with Gasteiger partial charge in [-0.1, -0.05) is 82.8 Å². The molecule has 0 amide bonds. The lowest BCUT2D eigenvalue weighted by atomic mass is 9.98. The molecule has 2 aliphatic carbocycles. The molecule has 3 nitrogen and oxygen atoms in total. The molecule has 0 N–H and O–H groups in total. The molecule has 2 aromatic carbocycles. The van der Waals surface area contributed by atoms with Crippen molar-refractivity contribution in [2.45, 2.75) is 107 Å². The average molecular weight is 528 g/mol. The highest BCUT2D eigenvalue weighted by atomic mass is 32.2. The molecule has 36 heavy (non-hydrogen) atoms. The van der Waals surface area contributed by atoms with Crippen LogP contribution in [0.4, 0.5) is 0 Å². The Labute approximate surface area is 223 Å². The fourth-order valence-corrected chi connectivity index (χ4v) is 11.5. The highest BCUT2D eigenvalue weighted by Crippen LogP contribution is 2.56. The highest BCUT2D eigenvalue weighted by Gasteiger charge is 2.37.